The van der Waals surface area contributed by atoms with E-state index in [1.165, 1.54) is 91.5 Å². The number of hydrogen-bond acceptors (Lipinski definition) is 1. The van der Waals surface area contributed by atoms with Crippen LogP contribution in [0.1, 0.15) is 0 Å². The van der Waals surface area contributed by atoms with Crippen LogP contribution in [0.4, 0.5) is 0 Å². The van der Waals surface area contributed by atoms with E-state index in [0.717, 1.165) is 0 Å². The van der Waals surface area contributed by atoms with E-state index in [1.807, 2.05) is 11.3 Å². The molecule has 0 radical (unpaired) electrons. The molecule has 2 heterocycles. The fourth-order valence-corrected chi connectivity index (χ4v) is 8.69. The zero-order valence-electron chi connectivity index (χ0n) is 24.9. The first-order valence-corrected chi connectivity index (χ1v) is 16.6. The van der Waals surface area contributed by atoms with Gasteiger partial charge in [-0.1, -0.05) is 127 Å². The van der Waals surface area contributed by atoms with E-state index in [1.54, 1.807) is 0 Å². The van der Waals surface area contributed by atoms with Crippen molar-refractivity contribution < 1.29 is 0 Å². The van der Waals surface area contributed by atoms with E-state index in [-0.39, 0.29) is 0 Å². The maximum Gasteiger partial charge on any atom is 0.0634 e. The van der Waals surface area contributed by atoms with Crippen LogP contribution >= 0.6 is 11.3 Å². The summed E-state index contributed by atoms with van der Waals surface area (Å²) in [6.45, 7) is 0. The van der Waals surface area contributed by atoms with Crippen LogP contribution in [0.5, 0.6) is 0 Å². The molecule has 1 nitrogen and oxygen atoms in total. The maximum atomic E-state index is 2.51. The van der Waals surface area contributed by atoms with E-state index < -0.39 is 0 Å². The summed E-state index contributed by atoms with van der Waals surface area (Å²) < 4.78 is 5.18. The molecule has 2 heteroatoms. The molecule has 214 valence electrons. The van der Waals surface area contributed by atoms with Crippen LogP contribution in [0, 0.1) is 0 Å². The molecule has 0 N–H and O–H groups in total. The molecule has 10 aromatic rings. The average molecular weight is 602 g/mol. The molecule has 8 aromatic carbocycles. The number of fused-ring (bicyclic) bond motifs is 11. The van der Waals surface area contributed by atoms with Gasteiger partial charge in [-0.15, -0.1) is 11.3 Å². The number of benzene rings is 8. The zero-order valence-corrected chi connectivity index (χ0v) is 25.8. The smallest absolute Gasteiger partial charge is 0.0634 e. The summed E-state index contributed by atoms with van der Waals surface area (Å²) in [6, 6.07) is 60.0. The first kappa shape index (κ1) is 25.6. The minimum Gasteiger partial charge on any atom is -0.309 e. The van der Waals surface area contributed by atoms with Gasteiger partial charge in [0.15, 0.2) is 0 Å². The fraction of sp³-hybridized carbons (Fsp3) is 0. The Morgan fingerprint density at radius 1 is 0.391 bits per heavy atom. The van der Waals surface area contributed by atoms with Gasteiger partial charge in [0.1, 0.15) is 0 Å². The first-order valence-electron chi connectivity index (χ1n) is 15.8. The van der Waals surface area contributed by atoms with Gasteiger partial charge in [-0.2, -0.15) is 0 Å². The Kier molecular flexibility index (Phi) is 5.51. The molecule has 10 rings (SSSR count). The molecule has 0 atom stereocenters. The van der Waals surface area contributed by atoms with Crippen molar-refractivity contribution in [1.29, 1.82) is 0 Å². The molecule has 0 spiro atoms. The third-order valence-electron chi connectivity index (χ3n) is 9.54. The lowest BCUT2D eigenvalue weighted by molar-refractivity contribution is 1.19. The van der Waals surface area contributed by atoms with Crippen molar-refractivity contribution in [3.05, 3.63) is 164 Å². The second-order valence-electron chi connectivity index (χ2n) is 12.1. The van der Waals surface area contributed by atoms with Gasteiger partial charge in [0.25, 0.3) is 0 Å². The second-order valence-corrected chi connectivity index (χ2v) is 13.2. The maximum absolute atomic E-state index is 2.51. The summed E-state index contributed by atoms with van der Waals surface area (Å²) in [6.07, 6.45) is 0. The van der Waals surface area contributed by atoms with E-state index in [2.05, 4.69) is 168 Å². The van der Waals surface area contributed by atoms with Crippen LogP contribution in [0.3, 0.4) is 0 Å². The molecule has 0 saturated carbocycles. The number of nitrogens with zero attached hydrogens (tertiary/aromatic N) is 1. The van der Waals surface area contributed by atoms with Crippen LogP contribution < -0.4 is 0 Å². The Bertz CT molecular complexity index is 2790. The van der Waals surface area contributed by atoms with Gasteiger partial charge in [0.2, 0.25) is 0 Å². The van der Waals surface area contributed by atoms with Crippen LogP contribution in [0.2, 0.25) is 0 Å². The molecule has 0 aliphatic rings. The normalized spacial score (nSPS) is 11.9. The summed E-state index contributed by atoms with van der Waals surface area (Å²) in [4.78, 5) is 0. The summed E-state index contributed by atoms with van der Waals surface area (Å²) >= 11 is 1.92. The number of rotatable bonds is 3. The zero-order chi connectivity index (χ0) is 30.2. The van der Waals surface area contributed by atoms with Crippen LogP contribution in [-0.2, 0) is 0 Å². The Balaban J connectivity index is 1.40. The highest BCUT2D eigenvalue weighted by Gasteiger charge is 2.22. The Hall–Kier alpha value is -5.70. The highest BCUT2D eigenvalue weighted by molar-refractivity contribution is 7.27. The molecule has 0 bridgehead atoms. The number of thiophene rings is 1. The molecular weight excluding hydrogens is 575 g/mol. The lowest BCUT2D eigenvalue weighted by Gasteiger charge is -2.12. The van der Waals surface area contributed by atoms with Crippen LogP contribution in [0.25, 0.3) is 91.5 Å². The summed E-state index contributed by atoms with van der Waals surface area (Å²) in [5.41, 5.74) is 8.65. The molecule has 0 unspecified atom stereocenters. The van der Waals surface area contributed by atoms with Crippen LogP contribution in [0.15, 0.2) is 164 Å². The van der Waals surface area contributed by atoms with E-state index in [9.17, 15) is 0 Å². The lowest BCUT2D eigenvalue weighted by atomic mass is 9.97. The molecular formula is C44H27NS. The van der Waals surface area contributed by atoms with E-state index >= 15 is 0 Å². The quantitative estimate of drug-likeness (QED) is 0.190. The van der Waals surface area contributed by atoms with Crippen molar-refractivity contribution >= 4 is 74.9 Å². The minimum absolute atomic E-state index is 1.18. The SMILES string of the molecule is c1ccc(-c2ccc3sc4c(c3c2)c2ccccc2c2c4c3cc(-c4ccccc4)ccc3n2-c2ccc3ccccc3c2)cc1. The van der Waals surface area contributed by atoms with Crippen molar-refractivity contribution in [2.45, 2.75) is 0 Å². The van der Waals surface area contributed by atoms with Crippen molar-refractivity contribution in [2.24, 2.45) is 0 Å². The predicted molar refractivity (Wildman–Crippen MR) is 200 cm³/mol. The Labute approximate surface area is 270 Å². The van der Waals surface area contributed by atoms with Gasteiger partial charge in [0.05, 0.1) is 11.0 Å². The van der Waals surface area contributed by atoms with Gasteiger partial charge in [-0.25, -0.2) is 0 Å². The average Bonchev–Trinajstić information content (AvgIpc) is 3.68. The first-order chi connectivity index (χ1) is 22.8. The topological polar surface area (TPSA) is 4.93 Å². The highest BCUT2D eigenvalue weighted by atomic mass is 32.1. The molecule has 0 amide bonds. The number of hydrogen-bond donors (Lipinski definition) is 0. The standard InChI is InChI=1S/C44H27NS/c1-3-11-28(12-4-1)32-20-23-39-37(26-32)42-43(45(39)34-22-19-30-15-7-8-16-31(30)25-34)36-18-10-9-17-35(36)41-38-27-33(29-13-5-2-6-14-29)21-24-40(38)46-44(41)42/h1-27H. The highest BCUT2D eigenvalue weighted by Crippen LogP contribution is 2.49. The van der Waals surface area contributed by atoms with Crippen molar-refractivity contribution in [3.63, 3.8) is 0 Å². The third-order valence-corrected chi connectivity index (χ3v) is 10.7. The minimum atomic E-state index is 1.18. The predicted octanol–water partition coefficient (Wildman–Crippen LogP) is 12.8. The number of aromatic nitrogens is 1. The molecule has 0 aliphatic heterocycles. The molecule has 2 aromatic heterocycles. The summed E-state index contributed by atoms with van der Waals surface area (Å²) in [7, 11) is 0. The lowest BCUT2D eigenvalue weighted by Crippen LogP contribution is -1.95. The van der Waals surface area contributed by atoms with Crippen molar-refractivity contribution in [3.8, 4) is 27.9 Å². The van der Waals surface area contributed by atoms with Crippen molar-refractivity contribution in [1.82, 2.24) is 4.57 Å². The molecule has 0 aliphatic carbocycles. The third kappa shape index (κ3) is 3.74. The Morgan fingerprint density at radius 3 is 1.78 bits per heavy atom. The van der Waals surface area contributed by atoms with Gasteiger partial charge in [-0.3, -0.25) is 0 Å². The molecule has 0 fully saturated rings. The summed E-state index contributed by atoms with van der Waals surface area (Å²) in [5, 5.41) is 10.4. The van der Waals surface area contributed by atoms with Gasteiger partial charge in [0, 0.05) is 42.0 Å². The van der Waals surface area contributed by atoms with Crippen LogP contribution in [-0.4, -0.2) is 4.57 Å². The Morgan fingerprint density at radius 2 is 1.02 bits per heavy atom. The summed E-state index contributed by atoms with van der Waals surface area (Å²) in [5.74, 6) is 0. The monoisotopic (exact) mass is 601 g/mol. The van der Waals surface area contributed by atoms with Gasteiger partial charge in [-0.05, 0) is 74.8 Å². The molecule has 0 saturated heterocycles. The second kappa shape index (κ2) is 9.90. The van der Waals surface area contributed by atoms with Gasteiger partial charge >= 0.3 is 0 Å². The van der Waals surface area contributed by atoms with Crippen molar-refractivity contribution in [2.75, 3.05) is 0 Å². The van der Waals surface area contributed by atoms with E-state index in [0.29, 0.717) is 0 Å². The fourth-order valence-electron chi connectivity index (χ4n) is 7.43. The molecule has 46 heavy (non-hydrogen) atoms. The van der Waals surface area contributed by atoms with Gasteiger partial charge < -0.3 is 4.57 Å². The largest absolute Gasteiger partial charge is 0.309 e. The van der Waals surface area contributed by atoms with E-state index in [4.69, 9.17) is 0 Å².